The zero-order valence-electron chi connectivity index (χ0n) is 22.1. The Balaban J connectivity index is 1.84. The second kappa shape index (κ2) is 10.6. The van der Waals surface area contributed by atoms with E-state index in [1.54, 1.807) is 30.5 Å². The minimum absolute atomic E-state index is 0.295. The summed E-state index contributed by atoms with van der Waals surface area (Å²) in [5.41, 5.74) is 2.92. The second-order valence-electron chi connectivity index (χ2n) is 10.7. The van der Waals surface area contributed by atoms with Gasteiger partial charge in [-0.05, 0) is 87.2 Å². The van der Waals surface area contributed by atoms with Crippen LogP contribution >= 0.6 is 11.6 Å². The van der Waals surface area contributed by atoms with E-state index >= 15 is 0 Å². The van der Waals surface area contributed by atoms with Crippen molar-refractivity contribution in [3.8, 4) is 0 Å². The summed E-state index contributed by atoms with van der Waals surface area (Å²) in [5, 5.41) is 14.2. The van der Waals surface area contributed by atoms with Crippen molar-refractivity contribution in [3.05, 3.63) is 112 Å². The maximum Gasteiger partial charge on any atom is 0.338 e. The molecule has 0 spiro atoms. The molecule has 0 saturated heterocycles. The van der Waals surface area contributed by atoms with Gasteiger partial charge in [0.1, 0.15) is 11.2 Å². The normalized spacial score (nSPS) is 14.2. The van der Waals surface area contributed by atoms with Gasteiger partial charge in [-0.1, -0.05) is 61.3 Å². The first kappa shape index (κ1) is 26.8. The largest absolute Gasteiger partial charge is 0.456 e. The van der Waals surface area contributed by atoms with E-state index in [4.69, 9.17) is 21.3 Å². The summed E-state index contributed by atoms with van der Waals surface area (Å²) in [7, 11) is 0. The maximum atomic E-state index is 12.7. The van der Waals surface area contributed by atoms with E-state index in [1.807, 2.05) is 76.2 Å². The average Bonchev–Trinajstić information content (AvgIpc) is 2.86. The van der Waals surface area contributed by atoms with Crippen LogP contribution in [0.4, 0.5) is 0 Å². The van der Waals surface area contributed by atoms with E-state index < -0.39 is 11.2 Å². The number of nitrogens with zero attached hydrogens (tertiary/aromatic N) is 1. The van der Waals surface area contributed by atoms with Crippen LogP contribution in [0, 0.1) is 6.92 Å². The van der Waals surface area contributed by atoms with Gasteiger partial charge in [-0.15, -0.1) is 0 Å². The minimum atomic E-state index is -1.37. The molecular weight excluding hydrogens is 482 g/mol. The molecular formula is C32H34ClNO3. The Hall–Kier alpha value is -3.21. The molecule has 2 atom stereocenters. The van der Waals surface area contributed by atoms with E-state index in [-0.39, 0.29) is 11.9 Å². The standard InChI is InChI=1S/C32H34ClNO3/c1-6-7-28(22-10-12-23(13-11-22)30(35)37-31(3,4)5)32(36,25-14-16-27(33)17-15-25)26-19-24-9-8-21(2)18-29(24)34-20-26/h8-20,28,36H,6-7H2,1-5H3/t28-,32?/m1/s1. The lowest BCUT2D eigenvalue weighted by Gasteiger charge is -2.38. The number of hydrogen-bond acceptors (Lipinski definition) is 4. The van der Waals surface area contributed by atoms with Crippen molar-refractivity contribution >= 4 is 28.5 Å². The molecule has 0 saturated carbocycles. The number of halogens is 1. The van der Waals surface area contributed by atoms with Crippen LogP contribution < -0.4 is 0 Å². The molecule has 1 aromatic heterocycles. The predicted molar refractivity (Wildman–Crippen MR) is 150 cm³/mol. The van der Waals surface area contributed by atoms with Crippen molar-refractivity contribution in [1.29, 1.82) is 0 Å². The van der Waals surface area contributed by atoms with Gasteiger partial charge >= 0.3 is 5.97 Å². The second-order valence-corrected chi connectivity index (χ2v) is 11.1. The molecule has 3 aromatic carbocycles. The Morgan fingerprint density at radius 2 is 1.65 bits per heavy atom. The van der Waals surface area contributed by atoms with Gasteiger partial charge in [0.2, 0.25) is 0 Å². The molecule has 1 N–H and O–H groups in total. The smallest absolute Gasteiger partial charge is 0.338 e. The highest BCUT2D eigenvalue weighted by molar-refractivity contribution is 6.30. The van der Waals surface area contributed by atoms with Crippen LogP contribution in [0.15, 0.2) is 79.0 Å². The van der Waals surface area contributed by atoms with E-state index in [1.165, 1.54) is 0 Å². The number of aryl methyl sites for hydroxylation is 1. The van der Waals surface area contributed by atoms with Crippen LogP contribution in [0.3, 0.4) is 0 Å². The number of fused-ring (bicyclic) bond motifs is 1. The Morgan fingerprint density at radius 3 is 2.27 bits per heavy atom. The Morgan fingerprint density at radius 1 is 0.973 bits per heavy atom. The highest BCUT2D eigenvalue weighted by Crippen LogP contribution is 2.45. The van der Waals surface area contributed by atoms with Crippen LogP contribution in [0.1, 0.15) is 79.1 Å². The Kier molecular flexibility index (Phi) is 7.72. The fraction of sp³-hybridized carbons (Fsp3) is 0.312. The van der Waals surface area contributed by atoms with Gasteiger partial charge in [0, 0.05) is 28.1 Å². The van der Waals surface area contributed by atoms with E-state index in [0.29, 0.717) is 16.1 Å². The molecule has 1 heterocycles. The van der Waals surface area contributed by atoms with Gasteiger partial charge in [0.25, 0.3) is 0 Å². The topological polar surface area (TPSA) is 59.4 Å². The van der Waals surface area contributed by atoms with Crippen molar-refractivity contribution in [3.63, 3.8) is 0 Å². The van der Waals surface area contributed by atoms with Gasteiger partial charge in [-0.2, -0.15) is 0 Å². The summed E-state index contributed by atoms with van der Waals surface area (Å²) in [6.07, 6.45) is 3.35. The number of carbonyl (C=O) groups excluding carboxylic acids is 1. The SMILES string of the molecule is CCC[C@H](c1ccc(C(=O)OC(C)(C)C)cc1)C(O)(c1ccc(Cl)cc1)c1cnc2cc(C)ccc2c1. The number of benzene rings is 3. The molecule has 4 nitrogen and oxygen atoms in total. The number of esters is 1. The fourth-order valence-electron chi connectivity index (χ4n) is 4.81. The Bertz CT molecular complexity index is 1390. The number of aromatic nitrogens is 1. The molecule has 4 aromatic rings. The molecule has 0 aliphatic rings. The first-order valence-electron chi connectivity index (χ1n) is 12.7. The van der Waals surface area contributed by atoms with Crippen LogP contribution in [0.2, 0.25) is 5.02 Å². The van der Waals surface area contributed by atoms with Crippen molar-refractivity contribution in [1.82, 2.24) is 4.98 Å². The van der Waals surface area contributed by atoms with Crippen molar-refractivity contribution in [2.24, 2.45) is 0 Å². The molecule has 5 heteroatoms. The zero-order chi connectivity index (χ0) is 26.8. The molecule has 4 rings (SSSR count). The number of carbonyl (C=O) groups is 1. The van der Waals surface area contributed by atoms with Crippen molar-refractivity contribution in [2.75, 3.05) is 0 Å². The molecule has 0 radical (unpaired) electrons. The number of ether oxygens (including phenoxy) is 1. The molecule has 0 aliphatic heterocycles. The summed E-state index contributed by atoms with van der Waals surface area (Å²) in [6.45, 7) is 9.69. The lowest BCUT2D eigenvalue weighted by molar-refractivity contribution is 0.00695. The number of rotatable bonds is 7. The zero-order valence-corrected chi connectivity index (χ0v) is 22.8. The molecule has 0 bridgehead atoms. The molecule has 1 unspecified atom stereocenters. The van der Waals surface area contributed by atoms with E-state index in [9.17, 15) is 9.90 Å². The average molecular weight is 516 g/mol. The van der Waals surface area contributed by atoms with Gasteiger partial charge in [0.05, 0.1) is 11.1 Å². The van der Waals surface area contributed by atoms with Crippen molar-refractivity contribution < 1.29 is 14.6 Å². The fourth-order valence-corrected chi connectivity index (χ4v) is 4.93. The van der Waals surface area contributed by atoms with Crippen LogP contribution in [0.5, 0.6) is 0 Å². The van der Waals surface area contributed by atoms with E-state index in [2.05, 4.69) is 6.92 Å². The highest BCUT2D eigenvalue weighted by atomic mass is 35.5. The summed E-state index contributed by atoms with van der Waals surface area (Å²) < 4.78 is 5.53. The monoisotopic (exact) mass is 515 g/mol. The van der Waals surface area contributed by atoms with Crippen molar-refractivity contribution in [2.45, 2.75) is 64.6 Å². The van der Waals surface area contributed by atoms with Crippen LogP contribution in [-0.2, 0) is 10.3 Å². The van der Waals surface area contributed by atoms with Gasteiger partial charge in [-0.3, -0.25) is 4.98 Å². The molecule has 0 amide bonds. The third-order valence-corrected chi connectivity index (χ3v) is 6.85. The predicted octanol–water partition coefficient (Wildman–Crippen LogP) is 7.97. The molecule has 0 aliphatic carbocycles. The minimum Gasteiger partial charge on any atom is -0.456 e. The highest BCUT2D eigenvalue weighted by Gasteiger charge is 2.41. The van der Waals surface area contributed by atoms with E-state index in [0.717, 1.165) is 40.4 Å². The molecule has 0 fully saturated rings. The third-order valence-electron chi connectivity index (χ3n) is 6.59. The first-order chi connectivity index (χ1) is 17.5. The van der Waals surface area contributed by atoms with Crippen LogP contribution in [0.25, 0.3) is 10.9 Å². The van der Waals surface area contributed by atoms with Gasteiger partial charge < -0.3 is 9.84 Å². The third kappa shape index (κ3) is 5.87. The summed E-state index contributed by atoms with van der Waals surface area (Å²) in [5.74, 6) is -0.663. The summed E-state index contributed by atoms with van der Waals surface area (Å²) in [6, 6.07) is 22.9. The Labute approximate surface area is 224 Å². The van der Waals surface area contributed by atoms with Gasteiger partial charge in [0.15, 0.2) is 0 Å². The van der Waals surface area contributed by atoms with Crippen LogP contribution in [-0.4, -0.2) is 21.7 Å². The lowest BCUT2D eigenvalue weighted by atomic mass is 9.71. The maximum absolute atomic E-state index is 12.7. The molecule has 192 valence electrons. The van der Waals surface area contributed by atoms with Gasteiger partial charge in [-0.25, -0.2) is 4.79 Å². The lowest BCUT2D eigenvalue weighted by Crippen LogP contribution is -2.35. The number of hydrogen-bond donors (Lipinski definition) is 1. The summed E-state index contributed by atoms with van der Waals surface area (Å²) >= 11 is 6.21. The first-order valence-corrected chi connectivity index (χ1v) is 13.1. The quantitative estimate of drug-likeness (QED) is 0.253. The molecule has 37 heavy (non-hydrogen) atoms. The summed E-state index contributed by atoms with van der Waals surface area (Å²) in [4.78, 5) is 17.3. The number of pyridine rings is 1. The number of aliphatic hydroxyl groups is 1.